The third kappa shape index (κ3) is 2.55. The molecule has 14 heavy (non-hydrogen) atoms. The first-order valence-corrected chi connectivity index (χ1v) is 4.03. The molecule has 76 valence electrons. The van der Waals surface area contributed by atoms with Crippen molar-refractivity contribution in [3.63, 3.8) is 0 Å². The van der Waals surface area contributed by atoms with Crippen LogP contribution >= 0.6 is 0 Å². The van der Waals surface area contributed by atoms with Gasteiger partial charge in [0, 0.05) is 0 Å². The van der Waals surface area contributed by atoms with E-state index in [-0.39, 0.29) is 24.5 Å². The van der Waals surface area contributed by atoms with E-state index in [1.165, 1.54) is 6.07 Å². The monoisotopic (exact) mass is 197 g/mol. The summed E-state index contributed by atoms with van der Waals surface area (Å²) < 4.78 is 5.06. The topological polar surface area (TPSA) is 92.8 Å². The molecule has 0 radical (unpaired) electrons. The van der Waals surface area contributed by atoms with Gasteiger partial charge >= 0.3 is 5.97 Å². The second-order valence-corrected chi connectivity index (χ2v) is 2.68. The molecule has 1 rings (SSSR count). The van der Waals surface area contributed by atoms with E-state index in [1.807, 2.05) is 0 Å². The number of carboxylic acids is 1. The summed E-state index contributed by atoms with van der Waals surface area (Å²) in [5.41, 5.74) is 5.60. The number of carboxylic acid groups (broad SMARTS) is 1. The lowest BCUT2D eigenvalue weighted by Gasteiger charge is -2.08. The number of phenols is 1. The molecule has 0 saturated heterocycles. The van der Waals surface area contributed by atoms with Crippen LogP contribution in [-0.2, 0) is 4.79 Å². The molecule has 4 N–H and O–H groups in total. The van der Waals surface area contributed by atoms with E-state index in [2.05, 4.69) is 0 Å². The number of carbonyl (C=O) groups is 1. The van der Waals surface area contributed by atoms with E-state index in [4.69, 9.17) is 15.6 Å². The van der Waals surface area contributed by atoms with E-state index in [0.29, 0.717) is 5.75 Å². The molecule has 0 saturated carbocycles. The molecule has 0 spiro atoms. The molecular formula is C9H11NO4. The molecule has 0 atom stereocenters. The molecule has 0 amide bonds. The van der Waals surface area contributed by atoms with Crippen LogP contribution in [0.25, 0.3) is 0 Å². The number of aliphatic carboxylic acids is 1. The summed E-state index contributed by atoms with van der Waals surface area (Å²) in [5, 5.41) is 17.5. The summed E-state index contributed by atoms with van der Waals surface area (Å²) in [7, 11) is 0. The van der Waals surface area contributed by atoms with Gasteiger partial charge in [-0.25, -0.2) is 0 Å². The average molecular weight is 197 g/mol. The minimum atomic E-state index is -0.941. The SMILES string of the molecule is Nc1c(O)cccc1OCCC(=O)O. The summed E-state index contributed by atoms with van der Waals surface area (Å²) in [4.78, 5) is 10.2. The van der Waals surface area contributed by atoms with Crippen molar-refractivity contribution in [1.82, 2.24) is 0 Å². The van der Waals surface area contributed by atoms with Crippen LogP contribution < -0.4 is 10.5 Å². The zero-order chi connectivity index (χ0) is 10.6. The summed E-state index contributed by atoms with van der Waals surface area (Å²) >= 11 is 0. The minimum absolute atomic E-state index is 0.0307. The molecule has 0 unspecified atom stereocenters. The number of hydrogen-bond acceptors (Lipinski definition) is 4. The molecule has 1 aromatic rings. The van der Waals surface area contributed by atoms with Crippen LogP contribution in [0.3, 0.4) is 0 Å². The number of phenolic OH excluding ortho intramolecular Hbond substituents is 1. The van der Waals surface area contributed by atoms with E-state index < -0.39 is 5.97 Å². The van der Waals surface area contributed by atoms with Gasteiger partial charge in [0.1, 0.15) is 17.2 Å². The Hall–Kier alpha value is -1.91. The first kappa shape index (κ1) is 10.2. The number of aromatic hydroxyl groups is 1. The fourth-order valence-electron chi connectivity index (χ4n) is 0.907. The second-order valence-electron chi connectivity index (χ2n) is 2.68. The molecular weight excluding hydrogens is 186 g/mol. The number of hydrogen-bond donors (Lipinski definition) is 3. The van der Waals surface area contributed by atoms with Crippen LogP contribution in [0.5, 0.6) is 11.5 Å². The predicted molar refractivity (Wildman–Crippen MR) is 50.3 cm³/mol. The van der Waals surface area contributed by atoms with Crippen molar-refractivity contribution >= 4 is 11.7 Å². The first-order chi connectivity index (χ1) is 6.61. The van der Waals surface area contributed by atoms with Gasteiger partial charge in [0.05, 0.1) is 13.0 Å². The maximum Gasteiger partial charge on any atom is 0.306 e. The first-order valence-electron chi connectivity index (χ1n) is 4.03. The van der Waals surface area contributed by atoms with Crippen molar-refractivity contribution in [2.45, 2.75) is 6.42 Å². The highest BCUT2D eigenvalue weighted by molar-refractivity contribution is 5.67. The van der Waals surface area contributed by atoms with Crippen molar-refractivity contribution in [1.29, 1.82) is 0 Å². The van der Waals surface area contributed by atoms with Crippen molar-refractivity contribution in [3.8, 4) is 11.5 Å². The Morgan fingerprint density at radius 1 is 1.50 bits per heavy atom. The molecule has 0 bridgehead atoms. The van der Waals surface area contributed by atoms with Crippen molar-refractivity contribution in [3.05, 3.63) is 18.2 Å². The third-order valence-corrected chi connectivity index (χ3v) is 1.62. The van der Waals surface area contributed by atoms with Crippen molar-refractivity contribution in [2.24, 2.45) is 0 Å². The summed E-state index contributed by atoms with van der Waals surface area (Å²) in [6, 6.07) is 4.57. The largest absolute Gasteiger partial charge is 0.506 e. The quantitative estimate of drug-likeness (QED) is 0.491. The Balaban J connectivity index is 2.59. The molecule has 5 heteroatoms. The molecule has 0 fully saturated rings. The van der Waals surface area contributed by atoms with Crippen LogP contribution in [0.1, 0.15) is 6.42 Å². The Labute approximate surface area is 80.7 Å². The van der Waals surface area contributed by atoms with Gasteiger partial charge in [-0.15, -0.1) is 0 Å². The summed E-state index contributed by atoms with van der Waals surface area (Å²) in [5.74, 6) is -0.715. The highest BCUT2D eigenvalue weighted by atomic mass is 16.5. The van der Waals surface area contributed by atoms with Gasteiger partial charge in [0.25, 0.3) is 0 Å². The number of rotatable bonds is 4. The van der Waals surface area contributed by atoms with Gasteiger partial charge < -0.3 is 20.7 Å². The number of para-hydroxylation sites is 1. The van der Waals surface area contributed by atoms with Gasteiger partial charge in [0.2, 0.25) is 0 Å². The Morgan fingerprint density at radius 3 is 2.86 bits per heavy atom. The normalized spacial score (nSPS) is 9.71. The average Bonchev–Trinajstić information content (AvgIpc) is 2.12. The van der Waals surface area contributed by atoms with Crippen LogP contribution in [0.4, 0.5) is 5.69 Å². The number of anilines is 1. The van der Waals surface area contributed by atoms with Crippen LogP contribution in [0.15, 0.2) is 18.2 Å². The Bertz CT molecular complexity index is 338. The lowest BCUT2D eigenvalue weighted by atomic mass is 10.3. The predicted octanol–water partition coefficient (Wildman–Crippen LogP) is 0.828. The van der Waals surface area contributed by atoms with E-state index in [0.717, 1.165) is 0 Å². The second kappa shape index (κ2) is 4.36. The van der Waals surface area contributed by atoms with Gasteiger partial charge in [-0.3, -0.25) is 4.79 Å². The fraction of sp³-hybridized carbons (Fsp3) is 0.222. The van der Waals surface area contributed by atoms with Gasteiger partial charge in [-0.2, -0.15) is 0 Å². The highest BCUT2D eigenvalue weighted by Crippen LogP contribution is 2.29. The summed E-state index contributed by atoms with van der Waals surface area (Å²) in [6.45, 7) is 0.0307. The van der Waals surface area contributed by atoms with Crippen molar-refractivity contribution < 1.29 is 19.7 Å². The Morgan fingerprint density at radius 2 is 2.21 bits per heavy atom. The van der Waals surface area contributed by atoms with Crippen LogP contribution in [-0.4, -0.2) is 22.8 Å². The summed E-state index contributed by atoms with van der Waals surface area (Å²) in [6.07, 6.45) is -0.102. The number of nitrogens with two attached hydrogens (primary N) is 1. The number of benzene rings is 1. The number of nitrogen functional groups attached to an aromatic ring is 1. The third-order valence-electron chi connectivity index (χ3n) is 1.62. The van der Waals surface area contributed by atoms with Gasteiger partial charge in [-0.1, -0.05) is 6.07 Å². The van der Waals surface area contributed by atoms with Gasteiger partial charge in [-0.05, 0) is 12.1 Å². The molecule has 0 aliphatic carbocycles. The molecule has 0 heterocycles. The molecule has 1 aromatic carbocycles. The Kier molecular flexibility index (Phi) is 3.17. The highest BCUT2D eigenvalue weighted by Gasteiger charge is 2.05. The zero-order valence-electron chi connectivity index (χ0n) is 7.43. The minimum Gasteiger partial charge on any atom is -0.506 e. The zero-order valence-corrected chi connectivity index (χ0v) is 7.43. The van der Waals surface area contributed by atoms with Crippen LogP contribution in [0.2, 0.25) is 0 Å². The lowest BCUT2D eigenvalue weighted by molar-refractivity contribution is -0.137. The maximum atomic E-state index is 10.2. The lowest BCUT2D eigenvalue weighted by Crippen LogP contribution is -2.06. The molecule has 5 nitrogen and oxygen atoms in total. The van der Waals surface area contributed by atoms with Crippen LogP contribution in [0, 0.1) is 0 Å². The van der Waals surface area contributed by atoms with Gasteiger partial charge in [0.15, 0.2) is 0 Å². The smallest absolute Gasteiger partial charge is 0.306 e. The molecule has 0 aromatic heterocycles. The van der Waals surface area contributed by atoms with Crippen molar-refractivity contribution in [2.75, 3.05) is 12.3 Å². The van der Waals surface area contributed by atoms with E-state index in [9.17, 15) is 9.90 Å². The molecule has 0 aliphatic heterocycles. The standard InChI is InChI=1S/C9H11NO4/c10-9-6(11)2-1-3-7(9)14-5-4-8(12)13/h1-3,11H,4-5,10H2,(H,12,13). The van der Waals surface area contributed by atoms with E-state index >= 15 is 0 Å². The number of ether oxygens (including phenoxy) is 1. The fourth-order valence-corrected chi connectivity index (χ4v) is 0.907. The van der Waals surface area contributed by atoms with E-state index in [1.54, 1.807) is 12.1 Å². The maximum absolute atomic E-state index is 10.2. The molecule has 0 aliphatic rings.